The molecule has 170 valence electrons. The van der Waals surface area contributed by atoms with Crippen molar-refractivity contribution < 1.29 is 9.21 Å². The van der Waals surface area contributed by atoms with E-state index >= 15 is 0 Å². The van der Waals surface area contributed by atoms with Crippen molar-refractivity contribution in [3.8, 4) is 33.6 Å². The molecule has 6 aromatic rings. The minimum absolute atomic E-state index is 0.0526. The number of hydrogen-bond acceptors (Lipinski definition) is 6. The van der Waals surface area contributed by atoms with Crippen LogP contribution >= 0.6 is 0 Å². The highest BCUT2D eigenvalue weighted by atomic mass is 16.3. The number of fused-ring (bicyclic) bond motifs is 2. The molecule has 0 aliphatic heterocycles. The van der Waals surface area contributed by atoms with Gasteiger partial charge in [-0.25, -0.2) is 9.97 Å². The van der Waals surface area contributed by atoms with E-state index in [9.17, 15) is 4.79 Å². The van der Waals surface area contributed by atoms with Crippen LogP contribution in [0.25, 0.3) is 55.7 Å². The lowest BCUT2D eigenvalue weighted by Crippen LogP contribution is -2.13. The van der Waals surface area contributed by atoms with Crippen LogP contribution in [-0.2, 0) is 4.79 Å². The SMILES string of the molecule is O=C(Nc1cncc(-c2cnc3[nH]nc(-c4cc5c(-c6ccoc6)ccnc5[nH]4)c3c2)c1)C1CC1. The van der Waals surface area contributed by atoms with Gasteiger partial charge in [0, 0.05) is 52.0 Å². The lowest BCUT2D eigenvalue weighted by molar-refractivity contribution is -0.117. The molecular weight excluding hydrogens is 442 g/mol. The van der Waals surface area contributed by atoms with E-state index in [0.717, 1.165) is 62.9 Å². The van der Waals surface area contributed by atoms with Crippen molar-refractivity contribution in [2.75, 3.05) is 5.32 Å². The number of H-pyrrole nitrogens is 2. The Morgan fingerprint density at radius 3 is 2.74 bits per heavy atom. The molecule has 1 saturated carbocycles. The third-order valence-corrected chi connectivity index (χ3v) is 6.32. The van der Waals surface area contributed by atoms with Gasteiger partial charge in [-0.2, -0.15) is 5.10 Å². The number of hydrogen-bond donors (Lipinski definition) is 3. The Kier molecular flexibility index (Phi) is 4.28. The molecule has 1 aliphatic rings. The molecule has 0 unspecified atom stereocenters. The number of furan rings is 1. The molecule has 9 nitrogen and oxygen atoms in total. The van der Waals surface area contributed by atoms with Gasteiger partial charge >= 0.3 is 0 Å². The van der Waals surface area contributed by atoms with Crippen LogP contribution in [0.15, 0.2) is 72.1 Å². The highest BCUT2D eigenvalue weighted by molar-refractivity contribution is 6.00. The molecule has 6 aromatic heterocycles. The Hall–Kier alpha value is -4.79. The second kappa shape index (κ2) is 7.63. The molecule has 0 atom stereocenters. The van der Waals surface area contributed by atoms with Gasteiger partial charge in [-0.3, -0.25) is 14.9 Å². The Bertz CT molecular complexity index is 1710. The van der Waals surface area contributed by atoms with E-state index in [0.29, 0.717) is 11.3 Å². The highest BCUT2D eigenvalue weighted by Gasteiger charge is 2.29. The third kappa shape index (κ3) is 3.45. The number of anilines is 1. The first-order valence-corrected chi connectivity index (χ1v) is 11.3. The molecule has 1 aliphatic carbocycles. The number of carbonyl (C=O) groups excluding carboxylic acids is 1. The number of rotatable bonds is 5. The Morgan fingerprint density at radius 1 is 0.971 bits per heavy atom. The summed E-state index contributed by atoms with van der Waals surface area (Å²) >= 11 is 0. The average molecular weight is 461 g/mol. The largest absolute Gasteiger partial charge is 0.472 e. The van der Waals surface area contributed by atoms with Crippen molar-refractivity contribution in [3.05, 3.63) is 67.6 Å². The number of carbonyl (C=O) groups is 1. The van der Waals surface area contributed by atoms with Crippen LogP contribution in [-0.4, -0.2) is 36.0 Å². The van der Waals surface area contributed by atoms with Crippen LogP contribution in [0.4, 0.5) is 5.69 Å². The van der Waals surface area contributed by atoms with Crippen LogP contribution in [0, 0.1) is 5.92 Å². The van der Waals surface area contributed by atoms with Crippen molar-refractivity contribution in [1.29, 1.82) is 0 Å². The minimum Gasteiger partial charge on any atom is -0.472 e. The van der Waals surface area contributed by atoms with E-state index in [-0.39, 0.29) is 11.8 Å². The summed E-state index contributed by atoms with van der Waals surface area (Å²) in [4.78, 5) is 28.9. The quantitative estimate of drug-likeness (QED) is 0.325. The predicted molar refractivity (Wildman–Crippen MR) is 131 cm³/mol. The van der Waals surface area contributed by atoms with Crippen LogP contribution in [0.3, 0.4) is 0 Å². The lowest BCUT2D eigenvalue weighted by atomic mass is 10.1. The number of nitrogens with one attached hydrogen (secondary N) is 3. The zero-order valence-corrected chi connectivity index (χ0v) is 18.4. The van der Waals surface area contributed by atoms with Gasteiger partial charge in [0.25, 0.3) is 0 Å². The van der Waals surface area contributed by atoms with Gasteiger partial charge < -0.3 is 14.7 Å². The summed E-state index contributed by atoms with van der Waals surface area (Å²) in [5.41, 5.74) is 7.46. The maximum absolute atomic E-state index is 12.2. The first-order valence-electron chi connectivity index (χ1n) is 11.3. The Balaban J connectivity index is 1.29. The van der Waals surface area contributed by atoms with Crippen LogP contribution in [0.5, 0.6) is 0 Å². The van der Waals surface area contributed by atoms with E-state index in [2.05, 4.69) is 35.5 Å². The van der Waals surface area contributed by atoms with Gasteiger partial charge in [-0.05, 0) is 48.7 Å². The van der Waals surface area contributed by atoms with Gasteiger partial charge in [0.15, 0.2) is 5.65 Å². The molecule has 3 N–H and O–H groups in total. The maximum Gasteiger partial charge on any atom is 0.227 e. The molecule has 0 radical (unpaired) electrons. The normalized spacial score (nSPS) is 13.5. The summed E-state index contributed by atoms with van der Waals surface area (Å²) in [5, 5.41) is 12.4. The van der Waals surface area contributed by atoms with Gasteiger partial charge in [-0.15, -0.1) is 0 Å². The molecule has 7 rings (SSSR count). The molecule has 0 aromatic carbocycles. The standard InChI is InChI=1S/C26H19N7O2/c34-26(14-1-2-14)30-18-7-16(10-27-12-18)17-8-21-23(32-33-25(21)29-11-17)22-9-20-19(15-4-6-35-13-15)3-5-28-24(20)31-22/h3-14H,1-2H2,(H,28,31)(H,30,34)(H,29,32,33). The van der Waals surface area contributed by atoms with Crippen molar-refractivity contribution in [3.63, 3.8) is 0 Å². The van der Waals surface area contributed by atoms with E-state index in [1.807, 2.05) is 30.3 Å². The van der Waals surface area contributed by atoms with Gasteiger partial charge in [0.1, 0.15) is 11.3 Å². The third-order valence-electron chi connectivity index (χ3n) is 6.32. The molecular formula is C26H19N7O2. The van der Waals surface area contributed by atoms with E-state index in [4.69, 9.17) is 4.42 Å². The summed E-state index contributed by atoms with van der Waals surface area (Å²) in [6.45, 7) is 0. The van der Waals surface area contributed by atoms with Crippen molar-refractivity contribution in [2.24, 2.45) is 5.92 Å². The lowest BCUT2D eigenvalue weighted by Gasteiger charge is -2.07. The van der Waals surface area contributed by atoms with E-state index < -0.39 is 0 Å². The number of nitrogens with zero attached hydrogens (tertiary/aromatic N) is 4. The van der Waals surface area contributed by atoms with Crippen molar-refractivity contribution in [1.82, 2.24) is 30.1 Å². The Morgan fingerprint density at radius 2 is 1.89 bits per heavy atom. The average Bonchev–Trinajstić information content (AvgIpc) is 3.26. The fraction of sp³-hybridized carbons (Fsp3) is 0.115. The van der Waals surface area contributed by atoms with Crippen molar-refractivity contribution in [2.45, 2.75) is 12.8 Å². The fourth-order valence-electron chi connectivity index (χ4n) is 4.35. The van der Waals surface area contributed by atoms with Gasteiger partial charge in [0.05, 0.1) is 30.1 Å². The number of pyridine rings is 3. The summed E-state index contributed by atoms with van der Waals surface area (Å²) in [5.74, 6) is 0.182. The predicted octanol–water partition coefficient (Wildman–Crippen LogP) is 5.17. The summed E-state index contributed by atoms with van der Waals surface area (Å²) in [6.07, 6.45) is 12.3. The number of aromatic nitrogens is 6. The molecule has 9 heteroatoms. The number of amides is 1. The molecule has 6 heterocycles. The fourth-order valence-corrected chi connectivity index (χ4v) is 4.35. The van der Waals surface area contributed by atoms with E-state index in [1.54, 1.807) is 37.3 Å². The van der Waals surface area contributed by atoms with Crippen molar-refractivity contribution >= 4 is 33.7 Å². The zero-order valence-electron chi connectivity index (χ0n) is 18.4. The highest BCUT2D eigenvalue weighted by Crippen LogP contribution is 2.34. The first-order chi connectivity index (χ1) is 17.2. The summed E-state index contributed by atoms with van der Waals surface area (Å²) in [6, 6.07) is 9.88. The molecule has 0 spiro atoms. The smallest absolute Gasteiger partial charge is 0.227 e. The zero-order chi connectivity index (χ0) is 23.4. The maximum atomic E-state index is 12.2. The van der Waals surface area contributed by atoms with Crippen LogP contribution < -0.4 is 5.32 Å². The number of aromatic amines is 2. The van der Waals surface area contributed by atoms with E-state index in [1.165, 1.54) is 0 Å². The van der Waals surface area contributed by atoms with Crippen LogP contribution in [0.1, 0.15) is 12.8 Å². The Labute approximate surface area is 198 Å². The topological polar surface area (TPSA) is 125 Å². The second-order valence-electron chi connectivity index (χ2n) is 8.73. The molecule has 1 amide bonds. The molecule has 0 bridgehead atoms. The minimum atomic E-state index is 0.0526. The first kappa shape index (κ1) is 19.7. The molecule has 35 heavy (non-hydrogen) atoms. The summed E-state index contributed by atoms with van der Waals surface area (Å²) in [7, 11) is 0. The molecule has 1 fully saturated rings. The summed E-state index contributed by atoms with van der Waals surface area (Å²) < 4.78 is 5.27. The van der Waals surface area contributed by atoms with Gasteiger partial charge in [0.2, 0.25) is 5.91 Å². The second-order valence-corrected chi connectivity index (χ2v) is 8.73. The monoisotopic (exact) mass is 461 g/mol. The van der Waals surface area contributed by atoms with Crippen LogP contribution in [0.2, 0.25) is 0 Å². The van der Waals surface area contributed by atoms with Gasteiger partial charge in [-0.1, -0.05) is 0 Å². The molecule has 0 saturated heterocycles.